The van der Waals surface area contributed by atoms with E-state index < -0.39 is 23.3 Å². The lowest BCUT2D eigenvalue weighted by atomic mass is 10.0. The molecule has 38 heavy (non-hydrogen) atoms. The predicted molar refractivity (Wildman–Crippen MR) is 137 cm³/mol. The first kappa shape index (κ1) is 25.9. The lowest BCUT2D eigenvalue weighted by molar-refractivity contribution is 0.122. The summed E-state index contributed by atoms with van der Waals surface area (Å²) in [6.45, 7) is 2.01. The predicted octanol–water partition coefficient (Wildman–Crippen LogP) is 2.49. The molecular weight excluding hydrogens is 518 g/mol. The van der Waals surface area contributed by atoms with E-state index in [9.17, 15) is 13.2 Å². The van der Waals surface area contributed by atoms with Gasteiger partial charge in [0.05, 0.1) is 30.0 Å². The maximum Gasteiger partial charge on any atom is 0.219 e. The van der Waals surface area contributed by atoms with Crippen LogP contribution in [0.1, 0.15) is 18.2 Å². The highest BCUT2D eigenvalue weighted by Crippen LogP contribution is 2.33. The molecule has 0 spiro atoms. The van der Waals surface area contributed by atoms with E-state index in [2.05, 4.69) is 19.7 Å². The Bertz CT molecular complexity index is 1470. The molecule has 2 atom stereocenters. The summed E-state index contributed by atoms with van der Waals surface area (Å²) >= 11 is -2.52. The SMILES string of the molecule is Nc1ncc(-c2nc(N3CCOCC3)c3nc(-c4cccc(C(F)CCNS(=O)[O-])c4F)ccc3n2)cn1. The number of nitrogen functional groups attached to an aromatic ring is 1. The number of hydrogen-bond acceptors (Lipinski definition) is 10. The fourth-order valence-corrected chi connectivity index (χ4v) is 4.43. The molecule has 1 fully saturated rings. The minimum absolute atomic E-state index is 0.108. The average molecular weight is 542 g/mol. The van der Waals surface area contributed by atoms with Crippen LogP contribution in [0.15, 0.2) is 42.7 Å². The monoisotopic (exact) mass is 541 g/mol. The van der Waals surface area contributed by atoms with Crippen molar-refractivity contribution in [3.05, 3.63) is 54.1 Å². The summed E-state index contributed by atoms with van der Waals surface area (Å²) in [6, 6.07) is 7.70. The Morgan fingerprint density at radius 2 is 1.89 bits per heavy atom. The lowest BCUT2D eigenvalue weighted by Gasteiger charge is -2.28. The number of rotatable bonds is 8. The van der Waals surface area contributed by atoms with Crippen LogP contribution in [0.5, 0.6) is 0 Å². The van der Waals surface area contributed by atoms with Gasteiger partial charge in [-0.2, -0.15) is 0 Å². The third-order valence-electron chi connectivity index (χ3n) is 6.02. The fraction of sp³-hybridized carbons (Fsp3) is 0.292. The summed E-state index contributed by atoms with van der Waals surface area (Å²) in [4.78, 5) is 24.1. The summed E-state index contributed by atoms with van der Waals surface area (Å²) in [6.07, 6.45) is 1.15. The van der Waals surface area contributed by atoms with Gasteiger partial charge >= 0.3 is 0 Å². The van der Waals surface area contributed by atoms with Gasteiger partial charge in [0, 0.05) is 54.4 Å². The van der Waals surface area contributed by atoms with E-state index in [0.29, 0.717) is 54.5 Å². The number of nitrogens with one attached hydrogen (secondary N) is 1. The van der Waals surface area contributed by atoms with Crippen LogP contribution in [-0.4, -0.2) is 66.5 Å². The third-order valence-corrected chi connectivity index (χ3v) is 6.46. The van der Waals surface area contributed by atoms with Crippen molar-refractivity contribution < 1.29 is 22.3 Å². The highest BCUT2D eigenvalue weighted by molar-refractivity contribution is 7.77. The van der Waals surface area contributed by atoms with E-state index >= 15 is 4.39 Å². The quantitative estimate of drug-likeness (QED) is 0.318. The molecule has 14 heteroatoms. The maximum absolute atomic E-state index is 15.5. The highest BCUT2D eigenvalue weighted by atomic mass is 32.2. The number of halogens is 2. The van der Waals surface area contributed by atoms with Gasteiger partial charge in [-0.25, -0.2) is 38.4 Å². The molecule has 4 heterocycles. The van der Waals surface area contributed by atoms with Gasteiger partial charge in [0.2, 0.25) is 5.95 Å². The number of alkyl halides is 1. The number of anilines is 2. The molecular formula is C24H23F2N8O3S-. The second kappa shape index (κ2) is 11.3. The minimum Gasteiger partial charge on any atom is -0.760 e. The molecule has 4 aromatic rings. The van der Waals surface area contributed by atoms with Crippen LogP contribution in [0.4, 0.5) is 20.5 Å². The van der Waals surface area contributed by atoms with Crippen molar-refractivity contribution in [3.8, 4) is 22.6 Å². The second-order valence-corrected chi connectivity index (χ2v) is 9.22. The Hall–Kier alpha value is -3.72. The van der Waals surface area contributed by atoms with Crippen LogP contribution >= 0.6 is 0 Å². The Morgan fingerprint density at radius 1 is 1.13 bits per heavy atom. The zero-order valence-electron chi connectivity index (χ0n) is 20.0. The molecule has 0 amide bonds. The number of morpholine rings is 1. The van der Waals surface area contributed by atoms with E-state index in [1.165, 1.54) is 30.6 Å². The van der Waals surface area contributed by atoms with Crippen molar-refractivity contribution in [2.75, 3.05) is 43.5 Å². The molecule has 5 rings (SSSR count). The van der Waals surface area contributed by atoms with Crippen LogP contribution in [0, 0.1) is 5.82 Å². The van der Waals surface area contributed by atoms with Gasteiger partial charge in [-0.05, 0) is 24.6 Å². The summed E-state index contributed by atoms with van der Waals surface area (Å²) < 4.78 is 59.1. The molecule has 1 saturated heterocycles. The van der Waals surface area contributed by atoms with Gasteiger partial charge in [-0.3, -0.25) is 4.21 Å². The number of benzene rings is 1. The zero-order valence-corrected chi connectivity index (χ0v) is 20.8. The first-order valence-electron chi connectivity index (χ1n) is 11.8. The third kappa shape index (κ3) is 5.57. The van der Waals surface area contributed by atoms with E-state index in [1.54, 1.807) is 12.1 Å². The smallest absolute Gasteiger partial charge is 0.219 e. The summed E-state index contributed by atoms with van der Waals surface area (Å²) in [5.74, 6) is 0.295. The number of fused-ring (bicyclic) bond motifs is 1. The number of pyridine rings is 1. The van der Waals surface area contributed by atoms with E-state index in [1.807, 2.05) is 4.90 Å². The molecule has 3 N–H and O–H groups in total. The molecule has 0 saturated carbocycles. The average Bonchev–Trinajstić information content (AvgIpc) is 2.93. The molecule has 0 bridgehead atoms. The molecule has 1 aliphatic heterocycles. The second-order valence-electron chi connectivity index (χ2n) is 8.46. The van der Waals surface area contributed by atoms with E-state index in [-0.39, 0.29) is 35.7 Å². The minimum atomic E-state index is -2.52. The molecule has 11 nitrogen and oxygen atoms in total. The summed E-state index contributed by atoms with van der Waals surface area (Å²) in [5, 5.41) is 0. The van der Waals surface area contributed by atoms with Crippen LogP contribution in [0.3, 0.4) is 0 Å². The summed E-state index contributed by atoms with van der Waals surface area (Å²) in [7, 11) is 0. The van der Waals surface area contributed by atoms with Crippen molar-refractivity contribution in [2.24, 2.45) is 0 Å². The van der Waals surface area contributed by atoms with Crippen molar-refractivity contribution in [3.63, 3.8) is 0 Å². The van der Waals surface area contributed by atoms with Crippen molar-refractivity contribution in [1.29, 1.82) is 0 Å². The van der Waals surface area contributed by atoms with Crippen LogP contribution < -0.4 is 15.4 Å². The van der Waals surface area contributed by atoms with Crippen molar-refractivity contribution >= 4 is 34.1 Å². The van der Waals surface area contributed by atoms with Crippen LogP contribution in [0.2, 0.25) is 0 Å². The number of nitrogens with zero attached hydrogens (tertiary/aromatic N) is 6. The normalized spacial score (nSPS) is 15.5. The summed E-state index contributed by atoms with van der Waals surface area (Å²) in [5.41, 5.74) is 7.37. The standard InChI is InChI=1S/C24H24F2N8O3S/c25-17(6-7-30-38(35)36)15-2-1-3-16(20(15)26)18-4-5-19-21(31-18)23(34-8-10-37-11-9-34)33-22(32-19)14-12-28-24(27)29-13-14/h1-5,12-13,17,30H,6-11H2,(H,35,36)(H2,27,28,29)/p-1. The van der Waals surface area contributed by atoms with Crippen molar-refractivity contribution in [1.82, 2.24) is 29.6 Å². The van der Waals surface area contributed by atoms with Crippen molar-refractivity contribution in [2.45, 2.75) is 12.6 Å². The Balaban J connectivity index is 1.56. The van der Waals surface area contributed by atoms with Gasteiger partial charge in [0.1, 0.15) is 17.5 Å². The van der Waals surface area contributed by atoms with E-state index in [0.717, 1.165) is 0 Å². The number of nitrogens with two attached hydrogens (primary N) is 1. The molecule has 0 radical (unpaired) electrons. The molecule has 3 aromatic heterocycles. The van der Waals surface area contributed by atoms with Crippen LogP contribution in [-0.2, 0) is 16.0 Å². The maximum atomic E-state index is 15.5. The topological polar surface area (TPSA) is 155 Å². The number of hydrogen-bond donors (Lipinski definition) is 2. The first-order valence-corrected chi connectivity index (χ1v) is 12.8. The Morgan fingerprint density at radius 3 is 2.63 bits per heavy atom. The van der Waals surface area contributed by atoms with Gasteiger partial charge in [0.25, 0.3) is 0 Å². The molecule has 0 aliphatic carbocycles. The number of ether oxygens (including phenoxy) is 1. The van der Waals surface area contributed by atoms with Gasteiger partial charge in [-0.15, -0.1) is 0 Å². The Kier molecular flexibility index (Phi) is 7.74. The zero-order chi connectivity index (χ0) is 26.6. The number of aromatic nitrogens is 5. The Labute approximate surface area is 218 Å². The molecule has 1 aromatic carbocycles. The van der Waals surface area contributed by atoms with Gasteiger partial charge in [0.15, 0.2) is 11.6 Å². The first-order chi connectivity index (χ1) is 18.4. The lowest BCUT2D eigenvalue weighted by Crippen LogP contribution is -2.37. The van der Waals surface area contributed by atoms with Crippen LogP contribution in [0.25, 0.3) is 33.7 Å². The van der Waals surface area contributed by atoms with E-state index in [4.69, 9.17) is 20.4 Å². The molecule has 198 valence electrons. The molecule has 2 unspecified atom stereocenters. The fourth-order valence-electron chi connectivity index (χ4n) is 4.14. The molecule has 1 aliphatic rings. The van der Waals surface area contributed by atoms with Gasteiger partial charge < -0.3 is 19.9 Å². The van der Waals surface area contributed by atoms with Gasteiger partial charge in [-0.1, -0.05) is 12.1 Å². The largest absolute Gasteiger partial charge is 0.760 e. The highest BCUT2D eigenvalue weighted by Gasteiger charge is 2.22.